The molecule has 0 aliphatic rings. The van der Waals surface area contributed by atoms with Crippen LogP contribution in [-0.2, 0) is 11.2 Å². The zero-order valence-corrected chi connectivity index (χ0v) is 10.4. The number of aryl methyl sites for hydroxylation is 1. The predicted octanol–water partition coefficient (Wildman–Crippen LogP) is 2.50. The van der Waals surface area contributed by atoms with Gasteiger partial charge < -0.3 is 10.5 Å². The van der Waals surface area contributed by atoms with E-state index < -0.39 is 0 Å². The normalized spacial score (nSPS) is 12.7. The molecule has 1 aromatic rings. The summed E-state index contributed by atoms with van der Waals surface area (Å²) in [6.45, 7) is 6.83. The monoisotopic (exact) mass is 223 g/mol. The quantitative estimate of drug-likeness (QED) is 0.805. The van der Waals surface area contributed by atoms with Gasteiger partial charge in [0.25, 0.3) is 0 Å². The van der Waals surface area contributed by atoms with Gasteiger partial charge in [-0.25, -0.2) is 9.97 Å². The molecule has 0 spiro atoms. The largest absolute Gasteiger partial charge is 0.384 e. The fourth-order valence-electron chi connectivity index (χ4n) is 1.62. The predicted molar refractivity (Wildman–Crippen MR) is 65.1 cm³/mol. The van der Waals surface area contributed by atoms with Crippen molar-refractivity contribution in [3.8, 4) is 0 Å². The van der Waals surface area contributed by atoms with Crippen LogP contribution in [0.15, 0.2) is 6.07 Å². The van der Waals surface area contributed by atoms with Crippen LogP contribution in [-0.4, -0.2) is 16.6 Å². The first-order valence-electron chi connectivity index (χ1n) is 5.96. The lowest BCUT2D eigenvalue weighted by Gasteiger charge is -2.15. The molecule has 0 aromatic carbocycles. The number of hydrogen-bond acceptors (Lipinski definition) is 4. The Morgan fingerprint density at radius 2 is 2.06 bits per heavy atom. The Kier molecular flexibility index (Phi) is 5.19. The molecule has 0 radical (unpaired) electrons. The third-order valence-corrected chi connectivity index (χ3v) is 2.39. The summed E-state index contributed by atoms with van der Waals surface area (Å²) in [5.74, 6) is 1.25. The highest BCUT2D eigenvalue weighted by Crippen LogP contribution is 2.20. The Hall–Kier alpha value is -1.16. The Labute approximate surface area is 97.2 Å². The van der Waals surface area contributed by atoms with Crippen molar-refractivity contribution in [2.75, 3.05) is 12.3 Å². The molecule has 0 aliphatic carbocycles. The maximum atomic E-state index is 5.76. The molecule has 90 valence electrons. The molecule has 0 saturated carbocycles. The van der Waals surface area contributed by atoms with Gasteiger partial charge in [-0.2, -0.15) is 0 Å². The number of ether oxygens (including phenoxy) is 1. The van der Waals surface area contributed by atoms with Gasteiger partial charge in [0.15, 0.2) is 5.82 Å². The molecule has 1 atom stereocenters. The summed E-state index contributed by atoms with van der Waals surface area (Å²) >= 11 is 0. The second-order valence-electron chi connectivity index (χ2n) is 3.73. The summed E-state index contributed by atoms with van der Waals surface area (Å²) in [6, 6.07) is 1.82. The average Bonchev–Trinajstić information content (AvgIpc) is 2.28. The highest BCUT2D eigenvalue weighted by Gasteiger charge is 2.14. The number of rotatable bonds is 6. The van der Waals surface area contributed by atoms with Crippen LogP contribution < -0.4 is 5.73 Å². The lowest BCUT2D eigenvalue weighted by Crippen LogP contribution is -2.11. The van der Waals surface area contributed by atoms with E-state index in [9.17, 15) is 0 Å². The van der Waals surface area contributed by atoms with Gasteiger partial charge in [0.05, 0.1) is 0 Å². The van der Waals surface area contributed by atoms with E-state index in [1.165, 1.54) is 0 Å². The first-order chi connectivity index (χ1) is 7.71. The van der Waals surface area contributed by atoms with Crippen molar-refractivity contribution in [3.05, 3.63) is 17.6 Å². The standard InChI is InChI=1S/C12H21N3O/c1-4-7-10(16-6-3)12-14-9(5-2)8-11(13)15-12/h8,10H,4-7H2,1-3H3,(H2,13,14,15). The molecule has 0 amide bonds. The summed E-state index contributed by atoms with van der Waals surface area (Å²) in [7, 11) is 0. The Balaban J connectivity index is 2.93. The number of hydrogen-bond donors (Lipinski definition) is 1. The average molecular weight is 223 g/mol. The molecule has 0 bridgehead atoms. The number of anilines is 1. The van der Waals surface area contributed by atoms with Crippen molar-refractivity contribution in [1.29, 1.82) is 0 Å². The van der Waals surface area contributed by atoms with Crippen molar-refractivity contribution < 1.29 is 4.74 Å². The van der Waals surface area contributed by atoms with Gasteiger partial charge >= 0.3 is 0 Å². The summed E-state index contributed by atoms with van der Waals surface area (Å²) in [5.41, 5.74) is 6.73. The smallest absolute Gasteiger partial charge is 0.159 e. The molecule has 4 heteroatoms. The van der Waals surface area contributed by atoms with Gasteiger partial charge in [0.2, 0.25) is 0 Å². The lowest BCUT2D eigenvalue weighted by molar-refractivity contribution is 0.0493. The molecule has 0 saturated heterocycles. The van der Waals surface area contributed by atoms with Crippen molar-refractivity contribution in [2.24, 2.45) is 0 Å². The molecule has 1 unspecified atom stereocenters. The van der Waals surface area contributed by atoms with E-state index in [1.807, 2.05) is 13.0 Å². The van der Waals surface area contributed by atoms with Gasteiger partial charge in [-0.3, -0.25) is 0 Å². The molecule has 0 fully saturated rings. The molecule has 1 aromatic heterocycles. The number of nitrogens with two attached hydrogens (primary N) is 1. The Morgan fingerprint density at radius 3 is 2.62 bits per heavy atom. The second kappa shape index (κ2) is 6.43. The highest BCUT2D eigenvalue weighted by atomic mass is 16.5. The molecular weight excluding hydrogens is 202 g/mol. The third-order valence-electron chi connectivity index (χ3n) is 2.39. The topological polar surface area (TPSA) is 61.0 Å². The van der Waals surface area contributed by atoms with Crippen LogP contribution >= 0.6 is 0 Å². The van der Waals surface area contributed by atoms with E-state index in [0.29, 0.717) is 12.4 Å². The van der Waals surface area contributed by atoms with E-state index in [4.69, 9.17) is 10.5 Å². The van der Waals surface area contributed by atoms with Gasteiger partial charge in [0, 0.05) is 18.4 Å². The Morgan fingerprint density at radius 1 is 1.31 bits per heavy atom. The fraction of sp³-hybridized carbons (Fsp3) is 0.667. The maximum absolute atomic E-state index is 5.76. The van der Waals surface area contributed by atoms with Crippen LogP contribution in [0.3, 0.4) is 0 Å². The molecule has 1 rings (SSSR count). The van der Waals surface area contributed by atoms with E-state index in [1.54, 1.807) is 0 Å². The molecule has 1 heterocycles. The zero-order chi connectivity index (χ0) is 12.0. The van der Waals surface area contributed by atoms with Gasteiger partial charge in [-0.1, -0.05) is 20.3 Å². The van der Waals surface area contributed by atoms with Crippen molar-refractivity contribution in [1.82, 2.24) is 9.97 Å². The van der Waals surface area contributed by atoms with Crippen molar-refractivity contribution in [2.45, 2.75) is 46.1 Å². The molecule has 2 N–H and O–H groups in total. The highest BCUT2D eigenvalue weighted by molar-refractivity contribution is 5.30. The third kappa shape index (κ3) is 3.45. The van der Waals surface area contributed by atoms with Crippen LogP contribution in [0.25, 0.3) is 0 Å². The van der Waals surface area contributed by atoms with Crippen molar-refractivity contribution >= 4 is 5.82 Å². The van der Waals surface area contributed by atoms with E-state index >= 15 is 0 Å². The molecule has 0 aliphatic heterocycles. The number of nitrogen functional groups attached to an aromatic ring is 1. The van der Waals surface area contributed by atoms with Crippen LogP contribution in [0.2, 0.25) is 0 Å². The zero-order valence-electron chi connectivity index (χ0n) is 10.4. The van der Waals surface area contributed by atoms with E-state index in [0.717, 1.165) is 30.8 Å². The second-order valence-corrected chi connectivity index (χ2v) is 3.73. The summed E-state index contributed by atoms with van der Waals surface area (Å²) in [6.07, 6.45) is 2.82. The first-order valence-corrected chi connectivity index (χ1v) is 5.96. The fourth-order valence-corrected chi connectivity index (χ4v) is 1.62. The summed E-state index contributed by atoms with van der Waals surface area (Å²) < 4.78 is 5.64. The molecule has 16 heavy (non-hydrogen) atoms. The summed E-state index contributed by atoms with van der Waals surface area (Å²) in [5, 5.41) is 0. The van der Waals surface area contributed by atoms with Gasteiger partial charge in [0.1, 0.15) is 11.9 Å². The van der Waals surface area contributed by atoms with Gasteiger partial charge in [-0.15, -0.1) is 0 Å². The Bertz CT molecular complexity index is 322. The van der Waals surface area contributed by atoms with Crippen LogP contribution in [0, 0.1) is 0 Å². The van der Waals surface area contributed by atoms with E-state index in [-0.39, 0.29) is 6.10 Å². The maximum Gasteiger partial charge on any atom is 0.159 e. The summed E-state index contributed by atoms with van der Waals surface area (Å²) in [4.78, 5) is 8.73. The SMILES string of the molecule is CCCC(OCC)c1nc(N)cc(CC)n1. The molecule has 4 nitrogen and oxygen atoms in total. The minimum Gasteiger partial charge on any atom is -0.384 e. The minimum atomic E-state index is -0.0243. The van der Waals surface area contributed by atoms with Crippen molar-refractivity contribution in [3.63, 3.8) is 0 Å². The van der Waals surface area contributed by atoms with Crippen LogP contribution in [0.1, 0.15) is 51.2 Å². The van der Waals surface area contributed by atoms with Crippen LogP contribution in [0.4, 0.5) is 5.82 Å². The van der Waals surface area contributed by atoms with E-state index in [2.05, 4.69) is 23.8 Å². The first kappa shape index (κ1) is 12.9. The lowest BCUT2D eigenvalue weighted by atomic mass is 10.2. The minimum absolute atomic E-state index is 0.0243. The van der Waals surface area contributed by atoms with Crippen LogP contribution in [0.5, 0.6) is 0 Å². The molecular formula is C12H21N3O. The number of aromatic nitrogens is 2. The number of nitrogens with zero attached hydrogens (tertiary/aromatic N) is 2. The van der Waals surface area contributed by atoms with Gasteiger partial charge in [-0.05, 0) is 19.8 Å².